The molecule has 2 amide bonds. The normalized spacial score (nSPS) is 37.2. The highest BCUT2D eigenvalue weighted by molar-refractivity contribution is 8.18. The second-order valence-electron chi connectivity index (χ2n) is 7.40. The number of imide groups is 1. The van der Waals surface area contributed by atoms with E-state index < -0.39 is 0 Å². The lowest BCUT2D eigenvalue weighted by Gasteiger charge is -2.38. The molecule has 0 bridgehead atoms. The van der Waals surface area contributed by atoms with Crippen LogP contribution in [0.15, 0.2) is 11.0 Å². The summed E-state index contributed by atoms with van der Waals surface area (Å²) >= 11 is 1.06. The molecule has 2 N–H and O–H groups in total. The second kappa shape index (κ2) is 7.84. The van der Waals surface area contributed by atoms with Gasteiger partial charge in [-0.3, -0.25) is 14.9 Å². The van der Waals surface area contributed by atoms with Crippen molar-refractivity contribution < 1.29 is 9.59 Å². The van der Waals surface area contributed by atoms with Crippen LogP contribution < -0.4 is 10.6 Å². The first kappa shape index (κ1) is 17.0. The fourth-order valence-electron chi connectivity index (χ4n) is 4.67. The number of rotatable bonds is 4. The minimum atomic E-state index is -0.229. The number of carbonyl (C=O) groups excluding carboxylic acids is 2. The van der Waals surface area contributed by atoms with Crippen molar-refractivity contribution in [2.24, 2.45) is 23.7 Å². The van der Waals surface area contributed by atoms with E-state index in [2.05, 4.69) is 17.7 Å². The van der Waals surface area contributed by atoms with E-state index >= 15 is 0 Å². The molecule has 3 aliphatic rings. The highest BCUT2D eigenvalue weighted by Crippen LogP contribution is 2.42. The molecule has 0 aromatic carbocycles. The molecule has 128 valence electrons. The van der Waals surface area contributed by atoms with Crippen molar-refractivity contribution in [3.63, 3.8) is 0 Å². The maximum absolute atomic E-state index is 11.6. The van der Waals surface area contributed by atoms with Crippen LogP contribution in [0.25, 0.3) is 0 Å². The van der Waals surface area contributed by atoms with Crippen LogP contribution in [0.4, 0.5) is 4.79 Å². The van der Waals surface area contributed by atoms with E-state index in [1.165, 1.54) is 51.4 Å². The quantitative estimate of drug-likeness (QED) is 0.769. The Labute approximate surface area is 143 Å². The van der Waals surface area contributed by atoms with Gasteiger partial charge in [-0.15, -0.1) is 0 Å². The first-order valence-electron chi connectivity index (χ1n) is 9.05. The molecule has 0 aromatic rings. The number of thioether (sulfide) groups is 1. The molecule has 1 aliphatic heterocycles. The van der Waals surface area contributed by atoms with Crippen LogP contribution in [0.2, 0.25) is 0 Å². The van der Waals surface area contributed by atoms with Gasteiger partial charge in [-0.1, -0.05) is 18.9 Å². The molecule has 1 heterocycles. The van der Waals surface area contributed by atoms with Crippen LogP contribution in [0.3, 0.4) is 0 Å². The maximum atomic E-state index is 11.6. The van der Waals surface area contributed by atoms with Gasteiger partial charge in [-0.2, -0.15) is 0 Å². The lowest BCUT2D eigenvalue weighted by molar-refractivity contribution is -0.115. The van der Waals surface area contributed by atoms with E-state index in [1.54, 1.807) is 0 Å². The molecule has 2 atom stereocenters. The summed E-state index contributed by atoms with van der Waals surface area (Å²) in [5.41, 5.74) is 0. The smallest absolute Gasteiger partial charge is 0.290 e. The number of nitrogens with one attached hydrogen (secondary N) is 2. The van der Waals surface area contributed by atoms with Crippen molar-refractivity contribution in [3.8, 4) is 0 Å². The number of carbonyl (C=O) groups is 2. The van der Waals surface area contributed by atoms with Crippen molar-refractivity contribution in [1.29, 1.82) is 0 Å². The largest absolute Gasteiger partial charge is 0.319 e. The topological polar surface area (TPSA) is 58.2 Å². The zero-order valence-electron chi connectivity index (χ0n) is 14.0. The van der Waals surface area contributed by atoms with Crippen LogP contribution in [-0.2, 0) is 4.79 Å². The first-order chi connectivity index (χ1) is 11.2. The summed E-state index contributed by atoms with van der Waals surface area (Å²) in [6, 6.07) is 0. The molecule has 5 heteroatoms. The summed E-state index contributed by atoms with van der Waals surface area (Å²) in [5.74, 6) is 2.91. The lowest BCUT2D eigenvalue weighted by atomic mass is 9.68. The number of hydrogen-bond donors (Lipinski definition) is 2. The summed E-state index contributed by atoms with van der Waals surface area (Å²) in [6.45, 7) is 1.16. The fourth-order valence-corrected chi connectivity index (χ4v) is 5.42. The Hall–Kier alpha value is -0.810. The molecule has 2 saturated carbocycles. The third-order valence-electron chi connectivity index (χ3n) is 5.83. The minimum Gasteiger partial charge on any atom is -0.319 e. The van der Waals surface area contributed by atoms with Gasteiger partial charge in [0.2, 0.25) is 0 Å². The van der Waals surface area contributed by atoms with Gasteiger partial charge in [-0.25, -0.2) is 0 Å². The number of allylic oxidation sites excluding steroid dienone is 1. The van der Waals surface area contributed by atoms with Gasteiger partial charge < -0.3 is 5.32 Å². The third-order valence-corrected chi connectivity index (χ3v) is 6.66. The minimum absolute atomic E-state index is 0.204. The van der Waals surface area contributed by atoms with Crippen LogP contribution in [0.5, 0.6) is 0 Å². The highest BCUT2D eigenvalue weighted by atomic mass is 32.2. The Bertz CT molecular complexity index is 481. The maximum Gasteiger partial charge on any atom is 0.290 e. The van der Waals surface area contributed by atoms with Crippen LogP contribution >= 0.6 is 11.8 Å². The van der Waals surface area contributed by atoms with Crippen LogP contribution in [0.1, 0.15) is 51.4 Å². The van der Waals surface area contributed by atoms with Crippen molar-refractivity contribution in [3.05, 3.63) is 11.0 Å². The average Bonchev–Trinajstić information content (AvgIpc) is 2.86. The predicted molar refractivity (Wildman–Crippen MR) is 94.0 cm³/mol. The molecule has 0 aromatic heterocycles. The van der Waals surface area contributed by atoms with E-state index in [0.29, 0.717) is 10.8 Å². The van der Waals surface area contributed by atoms with Crippen molar-refractivity contribution in [2.45, 2.75) is 51.4 Å². The van der Waals surface area contributed by atoms with Gasteiger partial charge in [-0.05, 0) is 87.6 Å². The summed E-state index contributed by atoms with van der Waals surface area (Å²) < 4.78 is 0. The first-order valence-corrected chi connectivity index (χ1v) is 9.87. The van der Waals surface area contributed by atoms with Crippen molar-refractivity contribution in [2.75, 3.05) is 13.6 Å². The van der Waals surface area contributed by atoms with Gasteiger partial charge in [0, 0.05) is 0 Å². The molecule has 3 fully saturated rings. The van der Waals surface area contributed by atoms with Crippen LogP contribution in [-0.4, -0.2) is 24.7 Å². The zero-order chi connectivity index (χ0) is 16.2. The van der Waals surface area contributed by atoms with E-state index in [0.717, 1.165) is 36.1 Å². The Morgan fingerprint density at radius 2 is 1.91 bits per heavy atom. The molecule has 2 aliphatic carbocycles. The number of amides is 2. The van der Waals surface area contributed by atoms with Crippen LogP contribution in [0, 0.1) is 23.7 Å². The molecule has 2 unspecified atom stereocenters. The number of hydrogen-bond acceptors (Lipinski definition) is 4. The molecule has 0 radical (unpaired) electrons. The predicted octanol–water partition coefficient (Wildman–Crippen LogP) is 3.69. The van der Waals surface area contributed by atoms with Gasteiger partial charge in [0.15, 0.2) is 0 Å². The molecular formula is C18H28N2O2S. The Morgan fingerprint density at radius 1 is 1.13 bits per heavy atom. The summed E-state index contributed by atoms with van der Waals surface area (Å²) in [7, 11) is 2.06. The Kier molecular flexibility index (Phi) is 5.81. The van der Waals surface area contributed by atoms with Gasteiger partial charge in [0.1, 0.15) is 0 Å². The summed E-state index contributed by atoms with van der Waals surface area (Å²) in [6.07, 6.45) is 12.5. The van der Waals surface area contributed by atoms with E-state index in [-0.39, 0.29) is 11.1 Å². The Morgan fingerprint density at radius 3 is 2.57 bits per heavy atom. The van der Waals surface area contributed by atoms with E-state index in [4.69, 9.17) is 0 Å². The van der Waals surface area contributed by atoms with E-state index in [1.807, 2.05) is 6.08 Å². The average molecular weight is 337 g/mol. The third kappa shape index (κ3) is 4.38. The van der Waals surface area contributed by atoms with Gasteiger partial charge >= 0.3 is 0 Å². The zero-order valence-corrected chi connectivity index (χ0v) is 14.8. The molecule has 4 nitrogen and oxygen atoms in total. The van der Waals surface area contributed by atoms with Gasteiger partial charge in [0.05, 0.1) is 4.91 Å². The molecule has 23 heavy (non-hydrogen) atoms. The monoisotopic (exact) mass is 336 g/mol. The molecule has 0 spiro atoms. The Balaban J connectivity index is 1.49. The molecule has 1 saturated heterocycles. The van der Waals surface area contributed by atoms with Gasteiger partial charge in [0.25, 0.3) is 11.1 Å². The SMILES string of the molecule is CNCC1CCCC(C2CCC(/C=C3\SC(=O)NC3=O)CC2)C1. The van der Waals surface area contributed by atoms with Crippen molar-refractivity contribution >= 4 is 22.9 Å². The van der Waals surface area contributed by atoms with Crippen molar-refractivity contribution in [1.82, 2.24) is 10.6 Å². The fraction of sp³-hybridized carbons (Fsp3) is 0.778. The summed E-state index contributed by atoms with van der Waals surface area (Å²) in [4.78, 5) is 23.5. The standard InChI is InChI=1S/C18H28N2O2S/c1-19-11-13-3-2-4-15(9-13)14-7-5-12(6-8-14)10-16-17(21)20-18(22)23-16/h10,12-15,19H,2-9,11H2,1H3,(H,20,21,22)/b16-10-. The molecular weight excluding hydrogens is 308 g/mol. The summed E-state index contributed by atoms with van der Waals surface area (Å²) in [5, 5.41) is 5.46. The molecule has 3 rings (SSSR count). The van der Waals surface area contributed by atoms with E-state index in [9.17, 15) is 9.59 Å². The highest BCUT2D eigenvalue weighted by Gasteiger charge is 2.32. The second-order valence-corrected chi connectivity index (χ2v) is 8.41. The lowest BCUT2D eigenvalue weighted by Crippen LogP contribution is -2.30.